The number of carbonyl (C=O) groups is 1. The largest absolute Gasteiger partial charge is 0.326 e. The Labute approximate surface area is 125 Å². The molecule has 1 aliphatic rings. The molecule has 0 spiro atoms. The van der Waals surface area contributed by atoms with E-state index in [4.69, 9.17) is 0 Å². The van der Waals surface area contributed by atoms with E-state index < -0.39 is 0 Å². The van der Waals surface area contributed by atoms with E-state index in [2.05, 4.69) is 22.5 Å². The average molecular weight is 302 g/mol. The second-order valence-corrected chi connectivity index (χ2v) is 4.90. The molecule has 0 aliphatic carbocycles. The Morgan fingerprint density at radius 2 is 2.35 bits per heavy atom. The van der Waals surface area contributed by atoms with E-state index in [9.17, 15) is 9.18 Å². The number of nitrogens with one attached hydrogen (secondary N) is 2. The number of carbonyl (C=O) groups excluding carboxylic acids is 1. The van der Waals surface area contributed by atoms with Crippen LogP contribution in [0.15, 0.2) is 24.3 Å². The van der Waals surface area contributed by atoms with Crippen LogP contribution < -0.4 is 10.6 Å². The van der Waals surface area contributed by atoms with Crippen LogP contribution in [0.1, 0.15) is 13.3 Å². The fourth-order valence-electron chi connectivity index (χ4n) is 2.25. The summed E-state index contributed by atoms with van der Waals surface area (Å²) in [5.74, 6) is -0.412. The van der Waals surface area contributed by atoms with Gasteiger partial charge in [-0.05, 0) is 25.1 Å². The molecule has 1 aromatic carbocycles. The number of amides is 1. The molecule has 6 heteroatoms. The van der Waals surface area contributed by atoms with Gasteiger partial charge in [0.2, 0.25) is 5.91 Å². The summed E-state index contributed by atoms with van der Waals surface area (Å²) in [6, 6.07) is 6.41. The summed E-state index contributed by atoms with van der Waals surface area (Å²) >= 11 is 0. The molecule has 1 aromatic rings. The molecular formula is C14H21ClFN3O. The van der Waals surface area contributed by atoms with Gasteiger partial charge in [0, 0.05) is 44.3 Å². The van der Waals surface area contributed by atoms with E-state index in [-0.39, 0.29) is 24.1 Å². The second kappa shape index (κ2) is 8.19. The van der Waals surface area contributed by atoms with E-state index in [1.807, 2.05) is 0 Å². The predicted octanol–water partition coefficient (Wildman–Crippen LogP) is 1.87. The first-order valence-electron chi connectivity index (χ1n) is 6.65. The Hall–Kier alpha value is -1.17. The van der Waals surface area contributed by atoms with Gasteiger partial charge in [-0.25, -0.2) is 4.39 Å². The molecule has 1 heterocycles. The highest BCUT2D eigenvalue weighted by Gasteiger charge is 2.18. The first kappa shape index (κ1) is 16.9. The zero-order valence-corrected chi connectivity index (χ0v) is 12.4. The molecule has 1 fully saturated rings. The summed E-state index contributed by atoms with van der Waals surface area (Å²) in [4.78, 5) is 14.1. The molecule has 1 amide bonds. The number of anilines is 1. The highest BCUT2D eigenvalue weighted by atomic mass is 35.5. The summed E-state index contributed by atoms with van der Waals surface area (Å²) in [6.45, 7) is 5.79. The third kappa shape index (κ3) is 5.07. The number of rotatable bonds is 4. The topological polar surface area (TPSA) is 44.4 Å². The van der Waals surface area contributed by atoms with Gasteiger partial charge in [0.25, 0.3) is 0 Å². The summed E-state index contributed by atoms with van der Waals surface area (Å²) in [5, 5.41) is 6.03. The van der Waals surface area contributed by atoms with Gasteiger partial charge in [-0.3, -0.25) is 9.69 Å². The fraction of sp³-hybridized carbons (Fsp3) is 0.500. The number of hydrogen-bond donors (Lipinski definition) is 2. The van der Waals surface area contributed by atoms with Crippen molar-refractivity contribution in [3.05, 3.63) is 30.1 Å². The van der Waals surface area contributed by atoms with Crippen molar-refractivity contribution < 1.29 is 9.18 Å². The van der Waals surface area contributed by atoms with Crippen molar-refractivity contribution in [1.82, 2.24) is 10.2 Å². The predicted molar refractivity (Wildman–Crippen MR) is 80.8 cm³/mol. The van der Waals surface area contributed by atoms with E-state index in [1.165, 1.54) is 12.1 Å². The minimum atomic E-state index is -0.339. The quantitative estimate of drug-likeness (QED) is 0.892. The van der Waals surface area contributed by atoms with Gasteiger partial charge >= 0.3 is 0 Å². The number of nitrogens with zero attached hydrogens (tertiary/aromatic N) is 1. The molecule has 0 bridgehead atoms. The summed E-state index contributed by atoms with van der Waals surface area (Å²) in [6.07, 6.45) is 0.431. The van der Waals surface area contributed by atoms with E-state index in [0.717, 1.165) is 26.2 Å². The van der Waals surface area contributed by atoms with Crippen molar-refractivity contribution in [2.45, 2.75) is 19.4 Å². The molecule has 2 rings (SSSR count). The zero-order chi connectivity index (χ0) is 13.7. The van der Waals surface area contributed by atoms with Crippen molar-refractivity contribution in [2.24, 2.45) is 0 Å². The molecule has 112 valence electrons. The highest BCUT2D eigenvalue weighted by Crippen LogP contribution is 2.10. The Morgan fingerprint density at radius 1 is 1.55 bits per heavy atom. The van der Waals surface area contributed by atoms with E-state index >= 15 is 0 Å². The summed E-state index contributed by atoms with van der Waals surface area (Å²) < 4.78 is 13.0. The van der Waals surface area contributed by atoms with Gasteiger partial charge in [-0.1, -0.05) is 6.07 Å². The summed E-state index contributed by atoms with van der Waals surface area (Å²) in [5.41, 5.74) is 0.512. The first-order chi connectivity index (χ1) is 9.15. The highest BCUT2D eigenvalue weighted by molar-refractivity contribution is 5.90. The number of hydrogen-bond acceptors (Lipinski definition) is 3. The normalized spacial score (nSPS) is 19.2. The van der Waals surface area contributed by atoms with Crippen molar-refractivity contribution in [2.75, 3.05) is 31.5 Å². The van der Waals surface area contributed by atoms with E-state index in [0.29, 0.717) is 18.2 Å². The zero-order valence-electron chi connectivity index (χ0n) is 11.6. The minimum absolute atomic E-state index is 0. The Bertz CT molecular complexity index is 444. The Kier molecular flexibility index (Phi) is 6.91. The van der Waals surface area contributed by atoms with Crippen LogP contribution in [-0.4, -0.2) is 43.0 Å². The average Bonchev–Trinajstić information content (AvgIpc) is 2.38. The van der Waals surface area contributed by atoms with Crippen molar-refractivity contribution in [3.63, 3.8) is 0 Å². The van der Waals surface area contributed by atoms with Crippen LogP contribution in [0.25, 0.3) is 0 Å². The smallest absolute Gasteiger partial charge is 0.225 e. The van der Waals surface area contributed by atoms with Crippen LogP contribution in [0.3, 0.4) is 0 Å². The van der Waals surface area contributed by atoms with Gasteiger partial charge in [-0.2, -0.15) is 0 Å². The van der Waals surface area contributed by atoms with Crippen molar-refractivity contribution in [1.29, 1.82) is 0 Å². The molecule has 1 aliphatic heterocycles. The SMILES string of the molecule is CC1CNCCN1CCC(=O)Nc1cccc(F)c1.Cl. The molecule has 0 radical (unpaired) electrons. The van der Waals surface area contributed by atoms with Crippen LogP contribution in [0, 0.1) is 5.82 Å². The minimum Gasteiger partial charge on any atom is -0.326 e. The van der Waals surface area contributed by atoms with Gasteiger partial charge < -0.3 is 10.6 Å². The number of benzene rings is 1. The second-order valence-electron chi connectivity index (χ2n) is 4.90. The third-order valence-electron chi connectivity index (χ3n) is 3.37. The van der Waals surface area contributed by atoms with Crippen LogP contribution >= 0.6 is 12.4 Å². The summed E-state index contributed by atoms with van der Waals surface area (Å²) in [7, 11) is 0. The molecule has 1 unspecified atom stereocenters. The molecule has 1 atom stereocenters. The van der Waals surface area contributed by atoms with Crippen LogP contribution in [-0.2, 0) is 4.79 Å². The lowest BCUT2D eigenvalue weighted by Crippen LogP contribution is -2.50. The lowest BCUT2D eigenvalue weighted by Gasteiger charge is -2.33. The van der Waals surface area contributed by atoms with Gasteiger partial charge in [0.05, 0.1) is 0 Å². The maximum Gasteiger partial charge on any atom is 0.225 e. The van der Waals surface area contributed by atoms with Crippen molar-refractivity contribution in [3.8, 4) is 0 Å². The molecule has 1 saturated heterocycles. The fourth-order valence-corrected chi connectivity index (χ4v) is 2.25. The van der Waals surface area contributed by atoms with Crippen molar-refractivity contribution >= 4 is 24.0 Å². The lowest BCUT2D eigenvalue weighted by atomic mass is 10.2. The van der Waals surface area contributed by atoms with Crippen LogP contribution in [0.5, 0.6) is 0 Å². The number of halogens is 2. The van der Waals surface area contributed by atoms with E-state index in [1.54, 1.807) is 12.1 Å². The van der Waals surface area contributed by atoms with Gasteiger partial charge in [0.15, 0.2) is 0 Å². The van der Waals surface area contributed by atoms with Crippen LogP contribution in [0.4, 0.5) is 10.1 Å². The lowest BCUT2D eigenvalue weighted by molar-refractivity contribution is -0.116. The Balaban J connectivity index is 0.00000200. The maximum atomic E-state index is 13.0. The van der Waals surface area contributed by atoms with Gasteiger partial charge in [-0.15, -0.1) is 12.4 Å². The molecule has 2 N–H and O–H groups in total. The van der Waals surface area contributed by atoms with Crippen LogP contribution in [0.2, 0.25) is 0 Å². The number of piperazine rings is 1. The molecular weight excluding hydrogens is 281 g/mol. The monoisotopic (exact) mass is 301 g/mol. The standard InChI is InChI=1S/C14H20FN3O.ClH/c1-11-10-16-6-8-18(11)7-5-14(19)17-13-4-2-3-12(15)9-13;/h2-4,9,11,16H,5-8,10H2,1H3,(H,17,19);1H. The first-order valence-corrected chi connectivity index (χ1v) is 6.65. The third-order valence-corrected chi connectivity index (χ3v) is 3.37. The van der Waals surface area contributed by atoms with Gasteiger partial charge in [0.1, 0.15) is 5.82 Å². The molecule has 20 heavy (non-hydrogen) atoms. The molecule has 4 nitrogen and oxygen atoms in total. The molecule has 0 saturated carbocycles. The maximum absolute atomic E-state index is 13.0. The Morgan fingerprint density at radius 3 is 3.05 bits per heavy atom. The molecule has 0 aromatic heterocycles.